The van der Waals surface area contributed by atoms with Crippen molar-refractivity contribution in [3.05, 3.63) is 46.7 Å². The molecule has 1 aliphatic heterocycles. The fourth-order valence-corrected chi connectivity index (χ4v) is 3.37. The van der Waals surface area contributed by atoms with E-state index in [1.54, 1.807) is 18.2 Å². The van der Waals surface area contributed by atoms with Crippen LogP contribution in [0.25, 0.3) is 0 Å². The monoisotopic (exact) mass is 347 g/mol. The number of carbonyl (C=O) groups excluding carboxylic acids is 1. The van der Waals surface area contributed by atoms with Gasteiger partial charge in [0.1, 0.15) is 5.75 Å². The molecule has 6 heteroatoms. The number of halogens is 1. The first-order valence-corrected chi connectivity index (χ1v) is 8.63. The fourth-order valence-electron chi connectivity index (χ4n) is 3.21. The number of carbonyl (C=O) groups is 1. The number of aryl methyl sites for hydroxylation is 1. The quantitative estimate of drug-likeness (QED) is 0.834. The van der Waals surface area contributed by atoms with Gasteiger partial charge >= 0.3 is 0 Å². The first-order chi connectivity index (χ1) is 11.6. The minimum atomic E-state index is 0.0174. The molecule has 1 aromatic carbocycles. The zero-order valence-corrected chi connectivity index (χ0v) is 14.8. The highest BCUT2D eigenvalue weighted by Gasteiger charge is 2.28. The summed E-state index contributed by atoms with van der Waals surface area (Å²) < 4.78 is 7.40. The van der Waals surface area contributed by atoms with Crippen molar-refractivity contribution in [1.29, 1.82) is 0 Å². The molecular formula is C18H22ClN3O2. The molecule has 1 atom stereocenters. The van der Waals surface area contributed by atoms with Crippen molar-refractivity contribution >= 4 is 17.5 Å². The maximum atomic E-state index is 12.8. The number of hydrogen-bond donors (Lipinski definition) is 0. The molecule has 24 heavy (non-hydrogen) atoms. The van der Waals surface area contributed by atoms with Crippen molar-refractivity contribution in [2.75, 3.05) is 19.7 Å². The largest absolute Gasteiger partial charge is 0.493 e. The van der Waals surface area contributed by atoms with Gasteiger partial charge in [0.25, 0.3) is 5.91 Å². The maximum absolute atomic E-state index is 12.8. The Morgan fingerprint density at radius 2 is 2.29 bits per heavy atom. The third kappa shape index (κ3) is 3.73. The number of rotatable bonds is 5. The van der Waals surface area contributed by atoms with Crippen LogP contribution in [-0.2, 0) is 13.5 Å². The average Bonchev–Trinajstić information content (AvgIpc) is 3.17. The van der Waals surface area contributed by atoms with E-state index in [-0.39, 0.29) is 5.91 Å². The molecule has 0 bridgehead atoms. The minimum Gasteiger partial charge on any atom is -0.493 e. The Morgan fingerprint density at radius 1 is 1.46 bits per heavy atom. The Balaban J connectivity index is 1.68. The highest BCUT2D eigenvalue weighted by molar-refractivity contribution is 6.30. The molecule has 128 valence electrons. The van der Waals surface area contributed by atoms with Crippen molar-refractivity contribution in [2.24, 2.45) is 13.0 Å². The second-order valence-electron chi connectivity index (χ2n) is 6.21. The number of aromatic nitrogens is 2. The van der Waals surface area contributed by atoms with Gasteiger partial charge in [-0.3, -0.25) is 9.48 Å². The Hall–Kier alpha value is -2.01. The van der Waals surface area contributed by atoms with Gasteiger partial charge in [-0.2, -0.15) is 5.10 Å². The molecule has 0 aliphatic carbocycles. The highest BCUT2D eigenvalue weighted by Crippen LogP contribution is 2.28. The summed E-state index contributed by atoms with van der Waals surface area (Å²) in [5.41, 5.74) is 1.81. The molecular weight excluding hydrogens is 326 g/mol. The minimum absolute atomic E-state index is 0.0174. The van der Waals surface area contributed by atoms with Crippen LogP contribution in [0.4, 0.5) is 0 Å². The molecule has 1 fully saturated rings. The van der Waals surface area contributed by atoms with Crippen LogP contribution < -0.4 is 4.74 Å². The van der Waals surface area contributed by atoms with Gasteiger partial charge in [-0.15, -0.1) is 0 Å². The number of nitrogens with zero attached hydrogens (tertiary/aromatic N) is 3. The summed E-state index contributed by atoms with van der Waals surface area (Å²) in [6.45, 7) is 3.94. The van der Waals surface area contributed by atoms with Gasteiger partial charge in [-0.1, -0.05) is 11.6 Å². The summed E-state index contributed by atoms with van der Waals surface area (Å²) in [4.78, 5) is 14.8. The van der Waals surface area contributed by atoms with Crippen molar-refractivity contribution in [3.63, 3.8) is 0 Å². The molecule has 1 saturated heterocycles. The van der Waals surface area contributed by atoms with E-state index in [1.165, 1.54) is 5.56 Å². The van der Waals surface area contributed by atoms with Crippen molar-refractivity contribution in [2.45, 2.75) is 19.8 Å². The van der Waals surface area contributed by atoms with E-state index in [2.05, 4.69) is 5.10 Å². The van der Waals surface area contributed by atoms with E-state index in [0.717, 1.165) is 25.9 Å². The Kier molecular flexibility index (Phi) is 5.09. The number of amides is 1. The van der Waals surface area contributed by atoms with Crippen LogP contribution in [0.5, 0.6) is 5.75 Å². The molecule has 1 aromatic heterocycles. The standard InChI is InChI=1S/C18H22ClN3O2/c1-3-24-17-9-15(19)4-5-16(17)18(23)22-7-6-13(12-22)8-14-10-20-21(2)11-14/h4-5,9-11,13H,3,6-8,12H2,1-2H3/t13-/m1/s1. The van der Waals surface area contributed by atoms with E-state index < -0.39 is 0 Å². The van der Waals surface area contributed by atoms with E-state index in [4.69, 9.17) is 16.3 Å². The summed E-state index contributed by atoms with van der Waals surface area (Å²) in [5, 5.41) is 4.78. The molecule has 1 amide bonds. The predicted molar refractivity (Wildman–Crippen MR) is 93.5 cm³/mol. The summed E-state index contributed by atoms with van der Waals surface area (Å²) >= 11 is 6.02. The third-order valence-corrected chi connectivity index (χ3v) is 4.56. The molecule has 0 N–H and O–H groups in total. The summed E-state index contributed by atoms with van der Waals surface area (Å²) in [7, 11) is 1.92. The lowest BCUT2D eigenvalue weighted by Gasteiger charge is -2.18. The van der Waals surface area contributed by atoms with Crippen LogP contribution in [0.1, 0.15) is 29.3 Å². The van der Waals surface area contributed by atoms with Gasteiger partial charge in [0.05, 0.1) is 18.4 Å². The van der Waals surface area contributed by atoms with Crippen LogP contribution in [0.15, 0.2) is 30.6 Å². The average molecular weight is 348 g/mol. The lowest BCUT2D eigenvalue weighted by atomic mass is 10.0. The lowest BCUT2D eigenvalue weighted by molar-refractivity contribution is 0.0783. The Labute approximate surface area is 147 Å². The number of likely N-dealkylation sites (tertiary alicyclic amines) is 1. The second-order valence-corrected chi connectivity index (χ2v) is 6.64. The Morgan fingerprint density at radius 3 is 3.00 bits per heavy atom. The summed E-state index contributed by atoms with van der Waals surface area (Å²) in [5.74, 6) is 1.05. The molecule has 1 aliphatic rings. The van der Waals surface area contributed by atoms with E-state index in [9.17, 15) is 4.79 Å². The van der Waals surface area contributed by atoms with Gasteiger partial charge in [-0.25, -0.2) is 0 Å². The molecule has 5 nitrogen and oxygen atoms in total. The van der Waals surface area contributed by atoms with Gasteiger partial charge < -0.3 is 9.64 Å². The first kappa shape index (κ1) is 16.8. The van der Waals surface area contributed by atoms with Crippen molar-refractivity contribution in [3.8, 4) is 5.75 Å². The smallest absolute Gasteiger partial charge is 0.257 e. The lowest BCUT2D eigenvalue weighted by Crippen LogP contribution is -2.29. The molecule has 0 saturated carbocycles. The van der Waals surface area contributed by atoms with Crippen LogP contribution in [0, 0.1) is 5.92 Å². The number of benzene rings is 1. The van der Waals surface area contributed by atoms with Crippen LogP contribution in [0.2, 0.25) is 5.02 Å². The second kappa shape index (κ2) is 7.26. The molecule has 0 spiro atoms. The number of ether oxygens (including phenoxy) is 1. The van der Waals surface area contributed by atoms with Gasteiger partial charge in [0.15, 0.2) is 0 Å². The van der Waals surface area contributed by atoms with E-state index in [1.807, 2.05) is 35.9 Å². The Bertz CT molecular complexity index is 729. The maximum Gasteiger partial charge on any atom is 0.257 e. The zero-order valence-electron chi connectivity index (χ0n) is 14.0. The van der Waals surface area contributed by atoms with Gasteiger partial charge in [0, 0.05) is 31.4 Å². The van der Waals surface area contributed by atoms with Crippen LogP contribution >= 0.6 is 11.6 Å². The number of hydrogen-bond acceptors (Lipinski definition) is 3. The van der Waals surface area contributed by atoms with Crippen LogP contribution in [-0.4, -0.2) is 40.3 Å². The molecule has 3 rings (SSSR count). The van der Waals surface area contributed by atoms with Crippen molar-refractivity contribution < 1.29 is 9.53 Å². The van der Waals surface area contributed by atoms with Crippen molar-refractivity contribution in [1.82, 2.24) is 14.7 Å². The summed E-state index contributed by atoms with van der Waals surface area (Å²) in [6, 6.07) is 5.20. The SMILES string of the molecule is CCOc1cc(Cl)ccc1C(=O)N1CC[C@H](Cc2cnn(C)c2)C1. The zero-order chi connectivity index (χ0) is 17.1. The van der Waals surface area contributed by atoms with E-state index in [0.29, 0.717) is 28.9 Å². The molecule has 2 heterocycles. The van der Waals surface area contributed by atoms with E-state index >= 15 is 0 Å². The third-order valence-electron chi connectivity index (χ3n) is 4.33. The first-order valence-electron chi connectivity index (χ1n) is 8.26. The fraction of sp³-hybridized carbons (Fsp3) is 0.444. The molecule has 0 unspecified atom stereocenters. The van der Waals surface area contributed by atoms with Crippen LogP contribution in [0.3, 0.4) is 0 Å². The topological polar surface area (TPSA) is 47.4 Å². The van der Waals surface area contributed by atoms with Gasteiger partial charge in [0.2, 0.25) is 0 Å². The molecule has 2 aromatic rings. The predicted octanol–water partition coefficient (Wildman–Crippen LogP) is 3.18. The normalized spacial score (nSPS) is 17.3. The highest BCUT2D eigenvalue weighted by atomic mass is 35.5. The molecule has 0 radical (unpaired) electrons. The van der Waals surface area contributed by atoms with Gasteiger partial charge in [-0.05, 0) is 49.4 Å². The summed E-state index contributed by atoms with van der Waals surface area (Å²) in [6.07, 6.45) is 5.91.